The van der Waals surface area contributed by atoms with E-state index in [1.54, 1.807) is 17.8 Å². The fraction of sp³-hybridized carbons (Fsp3) is 0.324. The van der Waals surface area contributed by atoms with Crippen LogP contribution in [0.1, 0.15) is 48.5 Å². The van der Waals surface area contributed by atoms with Gasteiger partial charge in [-0.3, -0.25) is 4.79 Å². The predicted molar refractivity (Wildman–Crippen MR) is 174 cm³/mol. The van der Waals surface area contributed by atoms with E-state index in [2.05, 4.69) is 22.5 Å². The van der Waals surface area contributed by atoms with Crippen LogP contribution in [-0.2, 0) is 38.7 Å². The van der Waals surface area contributed by atoms with Crippen LogP contribution in [0.5, 0.6) is 0 Å². The van der Waals surface area contributed by atoms with Crippen molar-refractivity contribution >= 4 is 35.2 Å². The summed E-state index contributed by atoms with van der Waals surface area (Å²) in [4.78, 5) is 27.9. The number of rotatable bonds is 11. The minimum Gasteiger partial charge on any atom is -0.465 e. The smallest absolute Gasteiger partial charge is 0.325 e. The molecule has 0 aliphatic carbocycles. The van der Waals surface area contributed by atoms with Gasteiger partial charge in [0.25, 0.3) is 0 Å². The Morgan fingerprint density at radius 2 is 1.70 bits per heavy atom. The maximum atomic E-state index is 12.3. The molecule has 46 heavy (non-hydrogen) atoms. The summed E-state index contributed by atoms with van der Waals surface area (Å²) in [5.41, 5.74) is 5.43. The Kier molecular flexibility index (Phi) is 11.3. The van der Waals surface area contributed by atoms with Gasteiger partial charge in [0.2, 0.25) is 0 Å². The van der Waals surface area contributed by atoms with Crippen molar-refractivity contribution in [2.24, 2.45) is 5.92 Å². The number of hydrogen-bond acceptors (Lipinski definition) is 7. The number of ether oxygens (including phenoxy) is 3. The van der Waals surface area contributed by atoms with Crippen LogP contribution in [-0.4, -0.2) is 45.9 Å². The summed E-state index contributed by atoms with van der Waals surface area (Å²) in [5, 5.41) is 15.4. The minimum atomic E-state index is -0.671. The molecule has 1 fully saturated rings. The highest BCUT2D eigenvalue weighted by Crippen LogP contribution is 2.42. The van der Waals surface area contributed by atoms with Crippen LogP contribution in [0, 0.1) is 5.92 Å². The molecule has 5 rings (SSSR count). The Balaban J connectivity index is 1.33. The zero-order valence-electron chi connectivity index (χ0n) is 25.5. The molecular formula is C34H36Cl2N4O6. The summed E-state index contributed by atoms with van der Waals surface area (Å²) in [6.45, 7) is 4.48. The normalized spacial score (nSPS) is 19.4. The van der Waals surface area contributed by atoms with E-state index in [-0.39, 0.29) is 49.6 Å². The zero-order chi connectivity index (χ0) is 32.6. The van der Waals surface area contributed by atoms with Crippen LogP contribution in [0.3, 0.4) is 0 Å². The molecule has 1 saturated heterocycles. The molecule has 12 heteroatoms. The van der Waals surface area contributed by atoms with E-state index in [1.807, 2.05) is 72.8 Å². The van der Waals surface area contributed by atoms with Gasteiger partial charge in [0, 0.05) is 18.0 Å². The lowest BCUT2D eigenvalue weighted by Crippen LogP contribution is -2.39. The van der Waals surface area contributed by atoms with Crippen molar-refractivity contribution in [3.8, 4) is 11.1 Å². The van der Waals surface area contributed by atoms with E-state index >= 15 is 0 Å². The van der Waals surface area contributed by atoms with Gasteiger partial charge in [0.1, 0.15) is 11.7 Å². The summed E-state index contributed by atoms with van der Waals surface area (Å²) in [7, 11) is 0. The zero-order valence-corrected chi connectivity index (χ0v) is 27.0. The number of carbonyl (C=O) groups is 2. The van der Waals surface area contributed by atoms with Crippen LogP contribution in [0.15, 0.2) is 79.1 Å². The first-order chi connectivity index (χ1) is 22.3. The first-order valence-electron chi connectivity index (χ1n) is 15.0. The third kappa shape index (κ3) is 8.07. The van der Waals surface area contributed by atoms with Crippen molar-refractivity contribution in [3.05, 3.63) is 112 Å². The number of aliphatic hydroxyl groups is 1. The fourth-order valence-electron chi connectivity index (χ4n) is 5.37. The van der Waals surface area contributed by atoms with Gasteiger partial charge in [-0.05, 0) is 34.7 Å². The third-order valence-corrected chi connectivity index (χ3v) is 8.65. The number of carbonyl (C=O) groups excluding carboxylic acids is 2. The molecule has 0 bridgehead atoms. The number of amides is 2. The van der Waals surface area contributed by atoms with Crippen molar-refractivity contribution in [3.63, 3.8) is 0 Å². The molecule has 4 atom stereocenters. The quantitative estimate of drug-likeness (QED) is 0.163. The second kappa shape index (κ2) is 15.6. The van der Waals surface area contributed by atoms with Crippen LogP contribution in [0.4, 0.5) is 4.79 Å². The number of nitrogens with zero attached hydrogens (tertiary/aromatic N) is 2. The first kappa shape index (κ1) is 33.4. The van der Waals surface area contributed by atoms with Crippen molar-refractivity contribution in [2.75, 3.05) is 13.2 Å². The molecule has 2 amide bonds. The lowest BCUT2D eigenvalue weighted by molar-refractivity contribution is -0.276. The van der Waals surface area contributed by atoms with Crippen molar-refractivity contribution in [2.45, 2.75) is 52.0 Å². The summed E-state index contributed by atoms with van der Waals surface area (Å²) in [6, 6.07) is 22.9. The second-order valence-corrected chi connectivity index (χ2v) is 11.6. The Morgan fingerprint density at radius 1 is 0.978 bits per heavy atom. The van der Waals surface area contributed by atoms with E-state index in [0.29, 0.717) is 11.7 Å². The lowest BCUT2D eigenvalue weighted by atomic mass is 9.90. The Morgan fingerprint density at radius 3 is 2.37 bits per heavy atom. The van der Waals surface area contributed by atoms with Crippen molar-refractivity contribution in [1.82, 2.24) is 20.2 Å². The Bertz CT molecular complexity index is 1630. The highest BCUT2D eigenvalue weighted by molar-refractivity contribution is 6.40. The molecule has 1 aliphatic rings. The minimum absolute atomic E-state index is 0.0379. The lowest BCUT2D eigenvalue weighted by Gasteiger charge is -2.41. The third-order valence-electron chi connectivity index (χ3n) is 7.88. The highest BCUT2D eigenvalue weighted by Gasteiger charge is 2.39. The molecule has 2 heterocycles. The molecular weight excluding hydrogens is 631 g/mol. The molecule has 0 saturated carbocycles. The molecule has 3 aromatic carbocycles. The van der Waals surface area contributed by atoms with Crippen LogP contribution in [0.2, 0.25) is 10.3 Å². The summed E-state index contributed by atoms with van der Waals surface area (Å²) < 4.78 is 19.7. The van der Waals surface area contributed by atoms with E-state index in [0.717, 1.165) is 33.4 Å². The number of halogens is 2. The van der Waals surface area contributed by atoms with Gasteiger partial charge in [-0.2, -0.15) is 0 Å². The van der Waals surface area contributed by atoms with Gasteiger partial charge in [0.15, 0.2) is 11.4 Å². The standard InChI is InChI=1S/C34H36Cl2N4O6/c1-3-44-29(42)17-38-34(43)37-16-26-6-4-5-7-27(26)23-12-14-25(15-13-23)33-45-28(18-40-20-39-31(35)32(40)36)21(2)30(46-33)24-10-8-22(19-41)9-11-24/h4-15,20-21,28,30,33,41H,3,16-19H2,1-2H3,(H2,37,38,43). The Labute approximate surface area is 277 Å². The first-order valence-corrected chi connectivity index (χ1v) is 15.7. The topological polar surface area (TPSA) is 124 Å². The van der Waals surface area contributed by atoms with Crippen LogP contribution in [0.25, 0.3) is 11.1 Å². The van der Waals surface area contributed by atoms with Crippen LogP contribution < -0.4 is 10.6 Å². The van der Waals surface area contributed by atoms with E-state index in [4.69, 9.17) is 37.4 Å². The Hall–Kier alpha value is -3.93. The average Bonchev–Trinajstić information content (AvgIpc) is 3.40. The van der Waals surface area contributed by atoms with Gasteiger partial charge in [-0.1, -0.05) is 103 Å². The number of nitrogens with one attached hydrogen (secondary N) is 2. The number of hydrogen-bond donors (Lipinski definition) is 3. The molecule has 1 aliphatic heterocycles. The summed E-state index contributed by atoms with van der Waals surface area (Å²) in [6.07, 6.45) is 0.346. The van der Waals surface area contributed by atoms with Gasteiger partial charge >= 0.3 is 12.0 Å². The molecule has 3 N–H and O–H groups in total. The largest absolute Gasteiger partial charge is 0.465 e. The van der Waals surface area contributed by atoms with E-state index in [9.17, 15) is 14.7 Å². The number of aromatic nitrogens is 2. The molecule has 4 aromatic rings. The number of imidazole rings is 1. The number of urea groups is 1. The van der Waals surface area contributed by atoms with Gasteiger partial charge in [-0.15, -0.1) is 0 Å². The van der Waals surface area contributed by atoms with Crippen molar-refractivity contribution in [1.29, 1.82) is 0 Å². The van der Waals surface area contributed by atoms with Gasteiger partial charge < -0.3 is 34.5 Å². The highest BCUT2D eigenvalue weighted by atomic mass is 35.5. The number of benzene rings is 3. The molecule has 0 spiro atoms. The van der Waals surface area contributed by atoms with Gasteiger partial charge in [0.05, 0.1) is 38.3 Å². The number of aliphatic hydroxyl groups excluding tert-OH is 1. The second-order valence-electron chi connectivity index (χ2n) is 10.9. The molecule has 4 unspecified atom stereocenters. The number of esters is 1. The average molecular weight is 668 g/mol. The summed E-state index contributed by atoms with van der Waals surface area (Å²) in [5.74, 6) is -0.549. The maximum absolute atomic E-state index is 12.3. The van der Waals surface area contributed by atoms with Gasteiger partial charge in [-0.25, -0.2) is 9.78 Å². The molecule has 1 aromatic heterocycles. The maximum Gasteiger partial charge on any atom is 0.325 e. The summed E-state index contributed by atoms with van der Waals surface area (Å²) >= 11 is 12.5. The predicted octanol–water partition coefficient (Wildman–Crippen LogP) is 6.20. The molecule has 10 nitrogen and oxygen atoms in total. The van der Waals surface area contributed by atoms with E-state index in [1.165, 1.54) is 0 Å². The van der Waals surface area contributed by atoms with Crippen LogP contribution >= 0.6 is 23.2 Å². The fourth-order valence-corrected chi connectivity index (χ4v) is 5.68. The monoisotopic (exact) mass is 666 g/mol. The molecule has 242 valence electrons. The van der Waals surface area contributed by atoms with Crippen molar-refractivity contribution < 1.29 is 28.9 Å². The van der Waals surface area contributed by atoms with E-state index < -0.39 is 18.3 Å². The molecule has 0 radical (unpaired) electrons. The SMILES string of the molecule is CCOC(=O)CNC(=O)NCc1ccccc1-c1ccc(C2OC(Cn3cnc(Cl)c3Cl)C(C)C(c3ccc(CO)cc3)O2)cc1.